The van der Waals surface area contributed by atoms with Crippen molar-refractivity contribution in [2.45, 2.75) is 50.7 Å². The van der Waals surface area contributed by atoms with E-state index in [2.05, 4.69) is 41.0 Å². The van der Waals surface area contributed by atoms with Crippen LogP contribution < -0.4 is 5.53 Å². The van der Waals surface area contributed by atoms with Crippen molar-refractivity contribution in [3.05, 3.63) is 41.6 Å². The summed E-state index contributed by atoms with van der Waals surface area (Å²) in [6.45, 7) is 0. The fraction of sp³-hybridized carbons (Fsp3) is 0.556. The third-order valence-electron chi connectivity index (χ3n) is 5.41. The van der Waals surface area contributed by atoms with Gasteiger partial charge in [0, 0.05) is 18.8 Å². The Labute approximate surface area is 132 Å². The van der Waals surface area contributed by atoms with Gasteiger partial charge < -0.3 is 5.11 Å². The first-order valence-electron chi connectivity index (χ1n) is 8.51. The van der Waals surface area contributed by atoms with Crippen molar-refractivity contribution in [3.8, 4) is 0 Å². The summed E-state index contributed by atoms with van der Waals surface area (Å²) in [5, 5.41) is 15.0. The summed E-state index contributed by atoms with van der Waals surface area (Å²) in [5.74, 6) is 0.481. The van der Waals surface area contributed by atoms with Gasteiger partial charge >= 0.3 is 0 Å². The van der Waals surface area contributed by atoms with Crippen LogP contribution in [0.3, 0.4) is 0 Å². The molecule has 1 aliphatic carbocycles. The molecule has 3 aliphatic rings. The van der Waals surface area contributed by atoms with Crippen molar-refractivity contribution < 1.29 is 5.11 Å². The number of nitrogens with zero attached hydrogens (tertiary/aromatic N) is 2. The lowest BCUT2D eigenvalue weighted by Gasteiger charge is -2.32. The maximum atomic E-state index is 10.8. The van der Waals surface area contributed by atoms with Crippen LogP contribution in [0.1, 0.15) is 55.7 Å². The van der Waals surface area contributed by atoms with Crippen LogP contribution in [0.2, 0.25) is 0 Å². The van der Waals surface area contributed by atoms with E-state index >= 15 is 0 Å². The van der Waals surface area contributed by atoms with E-state index in [1.165, 1.54) is 48.9 Å². The number of nitrogens with one attached hydrogen (secondary N) is 1. The standard InChI is InChI=1S/C18H25N3O/c1-20-12-17-15-10-6-5-9-14(15)16(21(17)19-20)11-18(22)13-7-3-2-4-8-13/h5-6,9-10,12-13,16,18-19,22H,2-4,7-8,11H2,1H3. The predicted molar refractivity (Wildman–Crippen MR) is 87.1 cm³/mol. The van der Waals surface area contributed by atoms with Gasteiger partial charge in [-0.2, -0.15) is 0 Å². The van der Waals surface area contributed by atoms with Gasteiger partial charge in [-0.3, -0.25) is 10.0 Å². The Morgan fingerprint density at radius 2 is 2.00 bits per heavy atom. The Balaban J connectivity index is 1.57. The van der Waals surface area contributed by atoms with Crippen molar-refractivity contribution in [2.24, 2.45) is 5.92 Å². The van der Waals surface area contributed by atoms with Crippen LogP contribution in [0.5, 0.6) is 0 Å². The van der Waals surface area contributed by atoms with Crippen molar-refractivity contribution in [2.75, 3.05) is 7.05 Å². The second-order valence-electron chi connectivity index (χ2n) is 6.90. The minimum Gasteiger partial charge on any atom is -0.393 e. The molecule has 4 nitrogen and oxygen atoms in total. The maximum Gasteiger partial charge on any atom is 0.0794 e. The van der Waals surface area contributed by atoms with E-state index in [-0.39, 0.29) is 12.1 Å². The molecular formula is C18H25N3O. The summed E-state index contributed by atoms with van der Waals surface area (Å²) in [6.07, 6.45) is 8.99. The molecule has 1 saturated carbocycles. The van der Waals surface area contributed by atoms with Gasteiger partial charge in [-0.1, -0.05) is 43.5 Å². The van der Waals surface area contributed by atoms with Crippen LogP contribution in [0.15, 0.2) is 30.5 Å². The average molecular weight is 299 g/mol. The van der Waals surface area contributed by atoms with Crippen molar-refractivity contribution in [3.63, 3.8) is 0 Å². The molecule has 0 spiro atoms. The first kappa shape index (κ1) is 14.1. The van der Waals surface area contributed by atoms with Crippen molar-refractivity contribution in [1.82, 2.24) is 15.6 Å². The molecule has 22 heavy (non-hydrogen) atoms. The predicted octanol–water partition coefficient (Wildman–Crippen LogP) is 3.04. The number of fused-ring (bicyclic) bond motifs is 3. The summed E-state index contributed by atoms with van der Waals surface area (Å²) < 4.78 is 0. The second-order valence-corrected chi connectivity index (χ2v) is 6.90. The fourth-order valence-corrected chi connectivity index (χ4v) is 4.27. The first-order chi connectivity index (χ1) is 10.7. The number of benzene rings is 1. The summed E-state index contributed by atoms with van der Waals surface area (Å²) in [7, 11) is 2.02. The third-order valence-corrected chi connectivity index (χ3v) is 5.41. The molecule has 0 amide bonds. The molecular weight excluding hydrogens is 274 g/mol. The lowest BCUT2D eigenvalue weighted by atomic mass is 9.82. The molecule has 1 aromatic rings. The maximum absolute atomic E-state index is 10.8. The Kier molecular flexibility index (Phi) is 3.59. The van der Waals surface area contributed by atoms with Gasteiger partial charge in [-0.15, -0.1) is 5.53 Å². The zero-order valence-corrected chi connectivity index (χ0v) is 13.2. The summed E-state index contributed by atoms with van der Waals surface area (Å²) in [6, 6.07) is 8.81. The second kappa shape index (κ2) is 5.60. The molecule has 1 fully saturated rings. The fourth-order valence-electron chi connectivity index (χ4n) is 4.27. The Morgan fingerprint density at radius 1 is 1.23 bits per heavy atom. The third kappa shape index (κ3) is 2.31. The molecule has 2 unspecified atom stereocenters. The molecule has 1 aromatic carbocycles. The number of hydrazine groups is 2. The molecule has 4 rings (SSSR count). The van der Waals surface area contributed by atoms with E-state index in [1.54, 1.807) is 0 Å². The molecule has 2 heterocycles. The zero-order valence-electron chi connectivity index (χ0n) is 13.2. The van der Waals surface area contributed by atoms with E-state index < -0.39 is 0 Å². The Hall–Kier alpha value is -1.52. The van der Waals surface area contributed by atoms with Gasteiger partial charge in [-0.25, -0.2) is 0 Å². The lowest BCUT2D eigenvalue weighted by molar-refractivity contribution is 0.0378. The lowest BCUT2D eigenvalue weighted by Crippen LogP contribution is -2.40. The minimum absolute atomic E-state index is 0.203. The number of hydrogen-bond donors (Lipinski definition) is 2. The van der Waals surface area contributed by atoms with Crippen LogP contribution in [0, 0.1) is 5.92 Å². The highest BCUT2D eigenvalue weighted by Gasteiger charge is 2.39. The quantitative estimate of drug-likeness (QED) is 0.900. The van der Waals surface area contributed by atoms with Crippen LogP contribution in [0.25, 0.3) is 5.70 Å². The number of aliphatic hydroxyl groups excluding tert-OH is 1. The van der Waals surface area contributed by atoms with Gasteiger partial charge in [0.05, 0.1) is 17.8 Å². The van der Waals surface area contributed by atoms with Gasteiger partial charge in [0.2, 0.25) is 0 Å². The SMILES string of the molecule is CN1C=C2c3ccccc3C(CC(O)C3CCCCC3)N2N1. The van der Waals surface area contributed by atoms with E-state index in [9.17, 15) is 5.11 Å². The summed E-state index contributed by atoms with van der Waals surface area (Å²) >= 11 is 0. The van der Waals surface area contributed by atoms with Crippen LogP contribution in [-0.4, -0.2) is 28.3 Å². The zero-order chi connectivity index (χ0) is 15.1. The van der Waals surface area contributed by atoms with Crippen molar-refractivity contribution >= 4 is 5.70 Å². The number of hydrogen-bond acceptors (Lipinski definition) is 4. The number of rotatable bonds is 3. The molecule has 0 aromatic heterocycles. The van der Waals surface area contributed by atoms with Gasteiger partial charge in [0.25, 0.3) is 0 Å². The highest BCUT2D eigenvalue weighted by molar-refractivity contribution is 5.72. The topological polar surface area (TPSA) is 38.7 Å². The minimum atomic E-state index is -0.203. The van der Waals surface area contributed by atoms with Gasteiger partial charge in [0.1, 0.15) is 0 Å². The van der Waals surface area contributed by atoms with Crippen molar-refractivity contribution in [1.29, 1.82) is 0 Å². The van der Waals surface area contributed by atoms with E-state index in [0.717, 1.165) is 6.42 Å². The van der Waals surface area contributed by atoms with Gasteiger partial charge in [-0.05, 0) is 30.7 Å². The molecule has 2 aliphatic heterocycles. The Morgan fingerprint density at radius 3 is 2.82 bits per heavy atom. The van der Waals surface area contributed by atoms with E-state index in [1.807, 2.05) is 12.1 Å². The molecule has 0 bridgehead atoms. The number of aliphatic hydroxyl groups is 1. The molecule has 0 saturated heterocycles. The molecule has 118 valence electrons. The molecule has 4 heteroatoms. The molecule has 2 atom stereocenters. The Bertz CT molecular complexity index is 579. The summed E-state index contributed by atoms with van der Waals surface area (Å²) in [4.78, 5) is 0. The largest absolute Gasteiger partial charge is 0.393 e. The van der Waals surface area contributed by atoms with E-state index in [0.29, 0.717) is 5.92 Å². The monoisotopic (exact) mass is 299 g/mol. The highest BCUT2D eigenvalue weighted by atomic mass is 16.3. The highest BCUT2D eigenvalue weighted by Crippen LogP contribution is 2.45. The smallest absolute Gasteiger partial charge is 0.0794 e. The normalized spacial score (nSPS) is 25.9. The van der Waals surface area contributed by atoms with E-state index in [4.69, 9.17) is 0 Å². The van der Waals surface area contributed by atoms with Crippen LogP contribution in [0.4, 0.5) is 0 Å². The molecule has 2 N–H and O–H groups in total. The first-order valence-corrected chi connectivity index (χ1v) is 8.51. The van der Waals surface area contributed by atoms with Gasteiger partial charge in [0.15, 0.2) is 0 Å². The van der Waals surface area contributed by atoms with Crippen LogP contribution >= 0.6 is 0 Å². The summed E-state index contributed by atoms with van der Waals surface area (Å²) in [5.41, 5.74) is 7.23. The average Bonchev–Trinajstić information content (AvgIpc) is 3.06. The van der Waals surface area contributed by atoms with Crippen LogP contribution in [-0.2, 0) is 0 Å². The molecule has 0 radical (unpaired) electrons.